The molecule has 0 radical (unpaired) electrons. The van der Waals surface area contributed by atoms with E-state index in [1.807, 2.05) is 45.1 Å². The molecular weight excluding hydrogens is 160 g/mol. The fourth-order valence-corrected chi connectivity index (χ4v) is 1.07. The molecule has 0 saturated heterocycles. The third-order valence-electron chi connectivity index (χ3n) is 1.87. The van der Waals surface area contributed by atoms with Gasteiger partial charge in [-0.25, -0.2) is 4.98 Å². The molecule has 0 aromatic carbocycles. The van der Waals surface area contributed by atoms with Crippen LogP contribution in [0.15, 0.2) is 12.3 Å². The van der Waals surface area contributed by atoms with Crippen LogP contribution in [0.4, 0.5) is 5.82 Å². The number of pyridine rings is 1. The molecule has 0 unspecified atom stereocenters. The summed E-state index contributed by atoms with van der Waals surface area (Å²) in [6.07, 6.45) is 1.84. The van der Waals surface area contributed by atoms with Gasteiger partial charge >= 0.3 is 0 Å². The summed E-state index contributed by atoms with van der Waals surface area (Å²) in [7, 11) is 4.02. The molecule has 0 spiro atoms. The van der Waals surface area contributed by atoms with Crippen LogP contribution in [0.25, 0.3) is 0 Å². The minimum absolute atomic E-state index is 1.06. The van der Waals surface area contributed by atoms with Gasteiger partial charge in [-0.15, -0.1) is 0 Å². The van der Waals surface area contributed by atoms with Crippen molar-refractivity contribution in [1.82, 2.24) is 4.98 Å². The van der Waals surface area contributed by atoms with Crippen molar-refractivity contribution in [3.05, 3.63) is 23.4 Å². The first kappa shape index (κ1) is 11.9. The maximum absolute atomic E-state index is 4.26. The molecule has 0 aliphatic rings. The monoisotopic (exact) mass is 180 g/mol. The SMILES string of the molecule is CC.Cc1ccnc(N(C)C)c1C. The van der Waals surface area contributed by atoms with Gasteiger partial charge in [0.15, 0.2) is 0 Å². The van der Waals surface area contributed by atoms with Gasteiger partial charge in [0.05, 0.1) is 0 Å². The van der Waals surface area contributed by atoms with E-state index in [4.69, 9.17) is 0 Å². The zero-order valence-corrected chi connectivity index (χ0v) is 9.55. The summed E-state index contributed by atoms with van der Waals surface area (Å²) in [6, 6.07) is 2.03. The summed E-state index contributed by atoms with van der Waals surface area (Å²) < 4.78 is 0. The number of rotatable bonds is 1. The lowest BCUT2D eigenvalue weighted by Crippen LogP contribution is -2.12. The highest BCUT2D eigenvalue weighted by Crippen LogP contribution is 2.16. The highest BCUT2D eigenvalue weighted by Gasteiger charge is 2.02. The second-order valence-electron chi connectivity index (χ2n) is 2.97. The molecule has 0 aliphatic heterocycles. The Balaban J connectivity index is 0.000000671. The molecular formula is C11H20N2. The maximum atomic E-state index is 4.26. The number of hydrogen-bond acceptors (Lipinski definition) is 2. The molecule has 0 atom stereocenters. The average molecular weight is 180 g/mol. The van der Waals surface area contributed by atoms with E-state index in [0.717, 1.165) is 5.82 Å². The molecule has 0 saturated carbocycles. The van der Waals surface area contributed by atoms with E-state index in [2.05, 4.69) is 18.8 Å². The predicted octanol–water partition coefficient (Wildman–Crippen LogP) is 2.79. The molecule has 0 aliphatic carbocycles. The minimum Gasteiger partial charge on any atom is -0.363 e. The molecule has 1 heterocycles. The van der Waals surface area contributed by atoms with E-state index in [1.54, 1.807) is 0 Å². The van der Waals surface area contributed by atoms with Crippen LogP contribution in [0.5, 0.6) is 0 Å². The van der Waals surface area contributed by atoms with Crippen LogP contribution in [0.1, 0.15) is 25.0 Å². The van der Waals surface area contributed by atoms with Gasteiger partial charge in [-0.1, -0.05) is 13.8 Å². The third-order valence-corrected chi connectivity index (χ3v) is 1.87. The maximum Gasteiger partial charge on any atom is 0.131 e. The van der Waals surface area contributed by atoms with Gasteiger partial charge in [0.2, 0.25) is 0 Å². The quantitative estimate of drug-likeness (QED) is 0.660. The summed E-state index contributed by atoms with van der Waals surface area (Å²) in [4.78, 5) is 6.29. The largest absolute Gasteiger partial charge is 0.363 e. The second kappa shape index (κ2) is 5.57. The Morgan fingerprint density at radius 1 is 1.15 bits per heavy atom. The number of anilines is 1. The normalized spacial score (nSPS) is 8.77. The number of aryl methyl sites for hydroxylation is 1. The first-order valence-electron chi connectivity index (χ1n) is 4.72. The van der Waals surface area contributed by atoms with Crippen molar-refractivity contribution in [3.63, 3.8) is 0 Å². The molecule has 2 heteroatoms. The van der Waals surface area contributed by atoms with E-state index in [0.29, 0.717) is 0 Å². The number of aromatic nitrogens is 1. The van der Waals surface area contributed by atoms with Crippen LogP contribution in [0, 0.1) is 13.8 Å². The lowest BCUT2D eigenvalue weighted by molar-refractivity contribution is 1.04. The van der Waals surface area contributed by atoms with Gasteiger partial charge in [0, 0.05) is 20.3 Å². The van der Waals surface area contributed by atoms with Crippen molar-refractivity contribution in [1.29, 1.82) is 0 Å². The van der Waals surface area contributed by atoms with Crippen LogP contribution >= 0.6 is 0 Å². The molecule has 0 amide bonds. The molecule has 2 nitrogen and oxygen atoms in total. The van der Waals surface area contributed by atoms with Crippen molar-refractivity contribution in [2.45, 2.75) is 27.7 Å². The van der Waals surface area contributed by atoms with Crippen LogP contribution in [-0.4, -0.2) is 19.1 Å². The van der Waals surface area contributed by atoms with E-state index in [9.17, 15) is 0 Å². The first-order chi connectivity index (χ1) is 6.13. The molecule has 0 fully saturated rings. The van der Waals surface area contributed by atoms with E-state index < -0.39 is 0 Å². The predicted molar refractivity (Wildman–Crippen MR) is 59.4 cm³/mol. The Morgan fingerprint density at radius 2 is 1.69 bits per heavy atom. The van der Waals surface area contributed by atoms with Crippen molar-refractivity contribution < 1.29 is 0 Å². The summed E-state index contributed by atoms with van der Waals surface area (Å²) in [5, 5.41) is 0. The lowest BCUT2D eigenvalue weighted by atomic mass is 10.1. The van der Waals surface area contributed by atoms with Gasteiger partial charge in [0.1, 0.15) is 5.82 Å². The van der Waals surface area contributed by atoms with Gasteiger partial charge in [-0.05, 0) is 31.0 Å². The Hall–Kier alpha value is -1.05. The van der Waals surface area contributed by atoms with Crippen molar-refractivity contribution in [2.75, 3.05) is 19.0 Å². The fourth-order valence-electron chi connectivity index (χ4n) is 1.07. The van der Waals surface area contributed by atoms with E-state index in [-0.39, 0.29) is 0 Å². The highest BCUT2D eigenvalue weighted by atomic mass is 15.1. The van der Waals surface area contributed by atoms with Gasteiger partial charge in [0.25, 0.3) is 0 Å². The molecule has 13 heavy (non-hydrogen) atoms. The fraction of sp³-hybridized carbons (Fsp3) is 0.545. The standard InChI is InChI=1S/C9H14N2.C2H6/c1-7-5-6-10-9(8(7)2)11(3)4;1-2/h5-6H,1-4H3;1-2H3. The summed E-state index contributed by atoms with van der Waals surface area (Å²) in [5.74, 6) is 1.06. The topological polar surface area (TPSA) is 16.1 Å². The van der Waals surface area contributed by atoms with Crippen LogP contribution in [0.3, 0.4) is 0 Å². The third kappa shape index (κ3) is 3.05. The summed E-state index contributed by atoms with van der Waals surface area (Å²) in [6.45, 7) is 8.20. The molecule has 0 N–H and O–H groups in total. The molecule has 0 bridgehead atoms. The molecule has 1 aromatic heterocycles. The van der Waals surface area contributed by atoms with Crippen molar-refractivity contribution in [2.24, 2.45) is 0 Å². The number of nitrogens with zero attached hydrogens (tertiary/aromatic N) is 2. The first-order valence-corrected chi connectivity index (χ1v) is 4.72. The van der Waals surface area contributed by atoms with Crippen LogP contribution < -0.4 is 4.90 Å². The Kier molecular flexibility index (Phi) is 5.12. The van der Waals surface area contributed by atoms with Gasteiger partial charge in [-0.2, -0.15) is 0 Å². The molecule has 1 rings (SSSR count). The Bertz CT molecular complexity index is 254. The van der Waals surface area contributed by atoms with E-state index >= 15 is 0 Å². The lowest BCUT2D eigenvalue weighted by Gasteiger charge is -2.14. The zero-order chi connectivity index (χ0) is 10.4. The minimum atomic E-state index is 1.06. The average Bonchev–Trinajstić information content (AvgIpc) is 2.13. The van der Waals surface area contributed by atoms with Crippen LogP contribution in [0.2, 0.25) is 0 Å². The highest BCUT2D eigenvalue weighted by molar-refractivity contribution is 5.47. The Labute approximate surface area is 81.6 Å². The van der Waals surface area contributed by atoms with Crippen LogP contribution in [-0.2, 0) is 0 Å². The Morgan fingerprint density at radius 3 is 2.08 bits per heavy atom. The zero-order valence-electron chi connectivity index (χ0n) is 9.55. The number of hydrogen-bond donors (Lipinski definition) is 0. The summed E-state index contributed by atoms with van der Waals surface area (Å²) in [5.41, 5.74) is 2.56. The van der Waals surface area contributed by atoms with Crippen molar-refractivity contribution >= 4 is 5.82 Å². The molecule has 1 aromatic rings. The van der Waals surface area contributed by atoms with Crippen molar-refractivity contribution in [3.8, 4) is 0 Å². The summed E-state index contributed by atoms with van der Waals surface area (Å²) >= 11 is 0. The van der Waals surface area contributed by atoms with E-state index in [1.165, 1.54) is 11.1 Å². The van der Waals surface area contributed by atoms with Gasteiger partial charge < -0.3 is 4.90 Å². The smallest absolute Gasteiger partial charge is 0.131 e. The van der Waals surface area contributed by atoms with Gasteiger partial charge in [-0.3, -0.25) is 0 Å². The molecule has 74 valence electrons. The second-order valence-corrected chi connectivity index (χ2v) is 2.97.